The van der Waals surface area contributed by atoms with Crippen molar-refractivity contribution in [1.29, 1.82) is 5.26 Å². The maximum atomic E-state index is 8.06. The standard InChI is InChI=1S/C7H8N2OS/c1-2-6-3-7(11-4-6)9-10-5-8/h3-4,9H,2H2,1H3. The molecule has 1 aromatic heterocycles. The molecule has 0 amide bonds. The summed E-state index contributed by atoms with van der Waals surface area (Å²) in [6.45, 7) is 2.08. The van der Waals surface area contributed by atoms with Gasteiger partial charge in [-0.05, 0) is 23.4 Å². The van der Waals surface area contributed by atoms with E-state index in [1.54, 1.807) is 0 Å². The number of aryl methyl sites for hydroxylation is 1. The molecule has 1 N–H and O–H groups in total. The van der Waals surface area contributed by atoms with Crippen LogP contribution in [-0.4, -0.2) is 0 Å². The second-order valence-corrected chi connectivity index (χ2v) is 2.88. The molecular formula is C7H8N2OS. The van der Waals surface area contributed by atoms with E-state index in [1.165, 1.54) is 23.2 Å². The molecule has 0 radical (unpaired) electrons. The van der Waals surface area contributed by atoms with Gasteiger partial charge in [0.15, 0.2) is 0 Å². The Labute approximate surface area is 69.2 Å². The van der Waals surface area contributed by atoms with Gasteiger partial charge in [-0.2, -0.15) is 5.48 Å². The van der Waals surface area contributed by atoms with Crippen LogP contribution in [0.25, 0.3) is 0 Å². The largest absolute Gasteiger partial charge is 0.314 e. The lowest BCUT2D eigenvalue weighted by Crippen LogP contribution is -1.91. The highest BCUT2D eigenvalue weighted by Crippen LogP contribution is 2.20. The molecule has 1 heterocycles. The average molecular weight is 168 g/mol. The Kier molecular flexibility index (Phi) is 2.75. The van der Waals surface area contributed by atoms with Crippen molar-refractivity contribution >= 4 is 16.3 Å². The molecule has 0 saturated heterocycles. The minimum Gasteiger partial charge on any atom is -0.301 e. The quantitative estimate of drug-likeness (QED) is 0.555. The zero-order valence-corrected chi connectivity index (χ0v) is 6.94. The van der Waals surface area contributed by atoms with Gasteiger partial charge in [0, 0.05) is 0 Å². The monoisotopic (exact) mass is 168 g/mol. The molecule has 0 aliphatic carbocycles. The molecule has 3 nitrogen and oxygen atoms in total. The molecule has 4 heteroatoms. The van der Waals surface area contributed by atoms with Crippen molar-refractivity contribution in [3.63, 3.8) is 0 Å². The lowest BCUT2D eigenvalue weighted by molar-refractivity contribution is 0.355. The summed E-state index contributed by atoms with van der Waals surface area (Å²) >= 11 is 1.53. The normalized spacial score (nSPS) is 8.73. The number of anilines is 1. The van der Waals surface area contributed by atoms with Gasteiger partial charge < -0.3 is 4.84 Å². The van der Waals surface area contributed by atoms with Crippen molar-refractivity contribution in [1.82, 2.24) is 0 Å². The summed E-state index contributed by atoms with van der Waals surface area (Å²) < 4.78 is 0. The van der Waals surface area contributed by atoms with E-state index in [-0.39, 0.29) is 0 Å². The van der Waals surface area contributed by atoms with Crippen molar-refractivity contribution in [2.75, 3.05) is 5.48 Å². The van der Waals surface area contributed by atoms with Crippen LogP contribution >= 0.6 is 11.3 Å². The molecule has 0 spiro atoms. The molecule has 11 heavy (non-hydrogen) atoms. The molecule has 0 unspecified atom stereocenters. The summed E-state index contributed by atoms with van der Waals surface area (Å²) in [5, 5.41) is 11.0. The van der Waals surface area contributed by atoms with Gasteiger partial charge in [0.05, 0.1) is 0 Å². The SMILES string of the molecule is CCc1csc(NOC#N)c1. The Hall–Kier alpha value is -1.21. The van der Waals surface area contributed by atoms with E-state index in [0.29, 0.717) is 0 Å². The van der Waals surface area contributed by atoms with Crippen LogP contribution < -0.4 is 5.48 Å². The lowest BCUT2D eigenvalue weighted by atomic mass is 10.3. The maximum Gasteiger partial charge on any atom is 0.314 e. The van der Waals surface area contributed by atoms with Gasteiger partial charge in [-0.25, -0.2) is 0 Å². The molecule has 0 aromatic carbocycles. The summed E-state index contributed by atoms with van der Waals surface area (Å²) in [7, 11) is 0. The van der Waals surface area contributed by atoms with Crippen molar-refractivity contribution in [3.05, 3.63) is 17.0 Å². The highest BCUT2D eigenvalue weighted by Gasteiger charge is 1.96. The van der Waals surface area contributed by atoms with Crippen LogP contribution in [0, 0.1) is 11.5 Å². The number of nitrogens with zero attached hydrogens (tertiary/aromatic N) is 1. The molecule has 0 bridgehead atoms. The predicted octanol–water partition coefficient (Wildman–Crippen LogP) is 2.14. The Bertz CT molecular complexity index is 264. The fourth-order valence-corrected chi connectivity index (χ4v) is 1.51. The molecule has 0 saturated carbocycles. The Morgan fingerprint density at radius 1 is 1.82 bits per heavy atom. The zero-order valence-electron chi connectivity index (χ0n) is 6.13. The molecule has 1 aromatic rings. The van der Waals surface area contributed by atoms with E-state index >= 15 is 0 Å². The molecule has 0 fully saturated rings. The Morgan fingerprint density at radius 3 is 3.18 bits per heavy atom. The van der Waals surface area contributed by atoms with E-state index in [9.17, 15) is 0 Å². The number of hydrogen-bond donors (Lipinski definition) is 1. The van der Waals surface area contributed by atoms with E-state index in [1.807, 2.05) is 11.4 Å². The smallest absolute Gasteiger partial charge is 0.301 e. The van der Waals surface area contributed by atoms with Crippen LogP contribution in [0.3, 0.4) is 0 Å². The topological polar surface area (TPSA) is 45.0 Å². The van der Waals surface area contributed by atoms with Crippen molar-refractivity contribution in [2.45, 2.75) is 13.3 Å². The summed E-state index contributed by atoms with van der Waals surface area (Å²) in [5.74, 6) is 0. The van der Waals surface area contributed by atoms with Gasteiger partial charge in [-0.3, -0.25) is 0 Å². The minimum atomic E-state index is 0.864. The van der Waals surface area contributed by atoms with Gasteiger partial charge in [0.1, 0.15) is 5.00 Å². The molecule has 1 rings (SSSR count). The molecule has 0 aliphatic heterocycles. The molecule has 0 aliphatic rings. The third-order valence-corrected chi connectivity index (χ3v) is 2.13. The molecule has 0 atom stereocenters. The van der Waals surface area contributed by atoms with Gasteiger partial charge in [0.25, 0.3) is 0 Å². The lowest BCUT2D eigenvalue weighted by Gasteiger charge is -1.93. The Morgan fingerprint density at radius 2 is 2.64 bits per heavy atom. The van der Waals surface area contributed by atoms with E-state index < -0.39 is 0 Å². The minimum absolute atomic E-state index is 0.864. The Balaban J connectivity index is 2.53. The fourth-order valence-electron chi connectivity index (χ4n) is 0.688. The number of thiophene rings is 1. The highest BCUT2D eigenvalue weighted by atomic mass is 32.1. The zero-order chi connectivity index (χ0) is 8.10. The van der Waals surface area contributed by atoms with Gasteiger partial charge >= 0.3 is 6.26 Å². The second kappa shape index (κ2) is 3.84. The molecule has 58 valence electrons. The van der Waals surface area contributed by atoms with Crippen molar-refractivity contribution < 1.29 is 4.84 Å². The van der Waals surface area contributed by atoms with Crippen LogP contribution in [0.15, 0.2) is 11.4 Å². The third-order valence-electron chi connectivity index (χ3n) is 1.26. The van der Waals surface area contributed by atoms with Crippen LogP contribution in [0.2, 0.25) is 0 Å². The summed E-state index contributed by atoms with van der Waals surface area (Å²) in [5.41, 5.74) is 3.76. The van der Waals surface area contributed by atoms with Crippen LogP contribution in [0.1, 0.15) is 12.5 Å². The summed E-state index contributed by atoms with van der Waals surface area (Å²) in [6, 6.07) is 1.96. The first-order chi connectivity index (χ1) is 5.36. The first kappa shape index (κ1) is 7.89. The van der Waals surface area contributed by atoms with Crippen LogP contribution in [0.4, 0.5) is 5.00 Å². The first-order valence-corrected chi connectivity index (χ1v) is 4.13. The van der Waals surface area contributed by atoms with Crippen LogP contribution in [0.5, 0.6) is 0 Å². The fraction of sp³-hybridized carbons (Fsp3) is 0.286. The second-order valence-electron chi connectivity index (χ2n) is 1.97. The molecular weight excluding hydrogens is 160 g/mol. The number of nitriles is 1. The number of rotatable bonds is 3. The van der Waals surface area contributed by atoms with E-state index in [2.05, 4.69) is 17.2 Å². The summed E-state index contributed by atoms with van der Waals surface area (Å²) in [6.07, 6.45) is 2.54. The van der Waals surface area contributed by atoms with Gasteiger partial charge in [-0.15, -0.1) is 16.6 Å². The highest BCUT2D eigenvalue weighted by molar-refractivity contribution is 7.14. The average Bonchev–Trinajstić information content (AvgIpc) is 2.48. The summed E-state index contributed by atoms with van der Waals surface area (Å²) in [4.78, 5) is 4.34. The van der Waals surface area contributed by atoms with Crippen molar-refractivity contribution in [3.8, 4) is 6.26 Å². The van der Waals surface area contributed by atoms with Crippen molar-refractivity contribution in [2.24, 2.45) is 0 Å². The predicted molar refractivity (Wildman–Crippen MR) is 44.0 cm³/mol. The first-order valence-electron chi connectivity index (χ1n) is 3.25. The maximum absolute atomic E-state index is 8.06. The van der Waals surface area contributed by atoms with Gasteiger partial charge in [0.2, 0.25) is 0 Å². The number of nitrogens with one attached hydrogen (secondary N) is 1. The van der Waals surface area contributed by atoms with E-state index in [4.69, 9.17) is 5.26 Å². The van der Waals surface area contributed by atoms with Crippen LogP contribution in [-0.2, 0) is 11.3 Å². The van der Waals surface area contributed by atoms with Gasteiger partial charge in [-0.1, -0.05) is 6.92 Å². The number of hydrogen-bond acceptors (Lipinski definition) is 4. The third kappa shape index (κ3) is 2.13. The van der Waals surface area contributed by atoms with E-state index in [0.717, 1.165) is 11.4 Å².